The summed E-state index contributed by atoms with van der Waals surface area (Å²) in [4.78, 5) is 22.5. The Morgan fingerprint density at radius 1 is 0.833 bits per heavy atom. The van der Waals surface area contributed by atoms with E-state index in [1.54, 1.807) is 0 Å². The molecule has 0 radical (unpaired) electrons. The van der Waals surface area contributed by atoms with Crippen LogP contribution in [-0.2, 0) is 19.1 Å². The zero-order valence-corrected chi connectivity index (χ0v) is 12.0. The van der Waals surface area contributed by atoms with E-state index < -0.39 is 11.9 Å². The van der Waals surface area contributed by atoms with Crippen molar-refractivity contribution in [3.8, 4) is 0 Å². The Morgan fingerprint density at radius 2 is 1.33 bits per heavy atom. The van der Waals surface area contributed by atoms with Gasteiger partial charge in [0.25, 0.3) is 0 Å². The first kappa shape index (κ1) is 16.9. The van der Waals surface area contributed by atoms with Gasteiger partial charge in [0.2, 0.25) is 0 Å². The van der Waals surface area contributed by atoms with Crippen molar-refractivity contribution in [3.63, 3.8) is 0 Å². The van der Waals surface area contributed by atoms with E-state index in [-0.39, 0.29) is 6.42 Å². The maximum atomic E-state index is 11.3. The molecule has 0 aliphatic rings. The summed E-state index contributed by atoms with van der Waals surface area (Å²) in [5.41, 5.74) is 0. The third-order valence-corrected chi connectivity index (χ3v) is 2.44. The molecule has 0 aromatic carbocycles. The van der Waals surface area contributed by atoms with Gasteiger partial charge in [0.15, 0.2) is 0 Å². The summed E-state index contributed by atoms with van der Waals surface area (Å²) in [6.45, 7) is 9.10. The zero-order chi connectivity index (χ0) is 14.0. The first-order chi connectivity index (χ1) is 8.41. The van der Waals surface area contributed by atoms with Crippen molar-refractivity contribution in [3.05, 3.63) is 0 Å². The second-order valence-electron chi connectivity index (χ2n) is 5.34. The summed E-state index contributed by atoms with van der Waals surface area (Å²) in [5.74, 6) is 0.100. The first-order valence-corrected chi connectivity index (χ1v) is 6.73. The Bertz CT molecular complexity index is 246. The molecule has 0 saturated heterocycles. The summed E-state index contributed by atoms with van der Waals surface area (Å²) in [7, 11) is 0. The van der Waals surface area contributed by atoms with E-state index in [1.807, 2.05) is 0 Å². The second kappa shape index (κ2) is 9.92. The highest BCUT2D eigenvalue weighted by atomic mass is 16.6. The van der Waals surface area contributed by atoms with Crippen molar-refractivity contribution in [2.45, 2.75) is 53.4 Å². The average Bonchev–Trinajstić information content (AvgIpc) is 2.23. The molecule has 0 amide bonds. The van der Waals surface area contributed by atoms with Crippen molar-refractivity contribution >= 4 is 11.9 Å². The van der Waals surface area contributed by atoms with Crippen molar-refractivity contribution in [1.29, 1.82) is 0 Å². The number of hydrogen-bond acceptors (Lipinski definition) is 4. The third-order valence-electron chi connectivity index (χ3n) is 2.44. The molecular formula is C14H26O4. The molecule has 0 aromatic rings. The molecule has 0 heterocycles. The van der Waals surface area contributed by atoms with Crippen LogP contribution >= 0.6 is 0 Å². The maximum Gasteiger partial charge on any atom is 0.317 e. The summed E-state index contributed by atoms with van der Waals surface area (Å²) < 4.78 is 9.88. The van der Waals surface area contributed by atoms with Gasteiger partial charge < -0.3 is 9.47 Å². The van der Waals surface area contributed by atoms with Crippen LogP contribution in [0.25, 0.3) is 0 Å². The minimum Gasteiger partial charge on any atom is -0.465 e. The summed E-state index contributed by atoms with van der Waals surface area (Å²) in [6.07, 6.45) is 2.40. The van der Waals surface area contributed by atoms with Crippen molar-refractivity contribution in [2.75, 3.05) is 13.2 Å². The van der Waals surface area contributed by atoms with Crippen molar-refractivity contribution in [2.24, 2.45) is 11.8 Å². The molecule has 0 atom stereocenters. The van der Waals surface area contributed by atoms with Crippen LogP contribution in [0.4, 0.5) is 0 Å². The van der Waals surface area contributed by atoms with Gasteiger partial charge >= 0.3 is 11.9 Å². The van der Waals surface area contributed by atoms with E-state index in [4.69, 9.17) is 9.47 Å². The lowest BCUT2D eigenvalue weighted by Crippen LogP contribution is -2.15. The van der Waals surface area contributed by atoms with Gasteiger partial charge in [-0.05, 0) is 31.1 Å². The fraction of sp³-hybridized carbons (Fsp3) is 0.857. The maximum absolute atomic E-state index is 11.3. The van der Waals surface area contributed by atoms with Crippen LogP contribution < -0.4 is 0 Å². The Hall–Kier alpha value is -1.06. The molecule has 0 aliphatic carbocycles. The van der Waals surface area contributed by atoms with Gasteiger partial charge in [0.1, 0.15) is 6.42 Å². The predicted octanol–water partition coefficient (Wildman–Crippen LogP) is 2.95. The number of ether oxygens (including phenoxy) is 2. The number of carbonyl (C=O) groups excluding carboxylic acids is 2. The SMILES string of the molecule is CC(C)CCCOC(=O)CC(=O)OCCC(C)C. The molecule has 106 valence electrons. The van der Waals surface area contributed by atoms with E-state index in [9.17, 15) is 9.59 Å². The van der Waals surface area contributed by atoms with Gasteiger partial charge in [-0.3, -0.25) is 9.59 Å². The third kappa shape index (κ3) is 11.4. The van der Waals surface area contributed by atoms with Gasteiger partial charge in [0.05, 0.1) is 13.2 Å². The van der Waals surface area contributed by atoms with Gasteiger partial charge in [-0.25, -0.2) is 0 Å². The van der Waals surface area contributed by atoms with Crippen LogP contribution in [0.2, 0.25) is 0 Å². The van der Waals surface area contributed by atoms with Gasteiger partial charge in [-0.15, -0.1) is 0 Å². The lowest BCUT2D eigenvalue weighted by Gasteiger charge is -2.08. The Kier molecular flexibility index (Phi) is 9.33. The van der Waals surface area contributed by atoms with Gasteiger partial charge in [-0.1, -0.05) is 27.7 Å². The topological polar surface area (TPSA) is 52.6 Å². The van der Waals surface area contributed by atoms with Gasteiger partial charge in [-0.2, -0.15) is 0 Å². The van der Waals surface area contributed by atoms with Crippen LogP contribution in [0, 0.1) is 11.8 Å². The summed E-state index contributed by atoms with van der Waals surface area (Å²) >= 11 is 0. The molecule has 0 spiro atoms. The molecule has 4 nitrogen and oxygen atoms in total. The highest BCUT2D eigenvalue weighted by Gasteiger charge is 2.12. The van der Waals surface area contributed by atoms with E-state index in [2.05, 4.69) is 27.7 Å². The fourth-order valence-corrected chi connectivity index (χ4v) is 1.31. The highest BCUT2D eigenvalue weighted by Crippen LogP contribution is 2.04. The number of carbonyl (C=O) groups is 2. The van der Waals surface area contributed by atoms with E-state index in [0.29, 0.717) is 25.0 Å². The van der Waals surface area contributed by atoms with Gasteiger partial charge in [0, 0.05) is 0 Å². The van der Waals surface area contributed by atoms with E-state index in [0.717, 1.165) is 19.3 Å². The smallest absolute Gasteiger partial charge is 0.317 e. The summed E-state index contributed by atoms with van der Waals surface area (Å²) in [6, 6.07) is 0. The fourth-order valence-electron chi connectivity index (χ4n) is 1.31. The lowest BCUT2D eigenvalue weighted by atomic mass is 10.1. The first-order valence-electron chi connectivity index (χ1n) is 6.73. The average molecular weight is 258 g/mol. The monoisotopic (exact) mass is 258 g/mol. The van der Waals surface area contributed by atoms with Crippen LogP contribution in [-0.4, -0.2) is 25.2 Å². The molecular weight excluding hydrogens is 232 g/mol. The molecule has 0 rings (SSSR count). The molecule has 0 bridgehead atoms. The quantitative estimate of drug-likeness (QED) is 0.362. The van der Waals surface area contributed by atoms with E-state index >= 15 is 0 Å². The van der Waals surface area contributed by atoms with Crippen LogP contribution in [0.1, 0.15) is 53.4 Å². The van der Waals surface area contributed by atoms with Crippen LogP contribution in [0.3, 0.4) is 0 Å². The number of esters is 2. The van der Waals surface area contributed by atoms with Crippen LogP contribution in [0.5, 0.6) is 0 Å². The van der Waals surface area contributed by atoms with E-state index in [1.165, 1.54) is 0 Å². The minimum absolute atomic E-state index is 0.278. The Labute approximate surface area is 110 Å². The Balaban J connectivity index is 3.52. The lowest BCUT2D eigenvalue weighted by molar-refractivity contribution is -0.154. The summed E-state index contributed by atoms with van der Waals surface area (Å²) in [5, 5.41) is 0. The highest BCUT2D eigenvalue weighted by molar-refractivity contribution is 5.91. The van der Waals surface area contributed by atoms with Crippen LogP contribution in [0.15, 0.2) is 0 Å². The van der Waals surface area contributed by atoms with Crippen molar-refractivity contribution < 1.29 is 19.1 Å². The zero-order valence-electron chi connectivity index (χ0n) is 12.0. The molecule has 0 unspecified atom stereocenters. The Morgan fingerprint density at radius 3 is 1.83 bits per heavy atom. The number of rotatable bonds is 9. The predicted molar refractivity (Wildman–Crippen MR) is 70.1 cm³/mol. The molecule has 0 fully saturated rings. The normalized spacial score (nSPS) is 10.8. The van der Waals surface area contributed by atoms with Crippen molar-refractivity contribution in [1.82, 2.24) is 0 Å². The second-order valence-corrected chi connectivity index (χ2v) is 5.34. The standard InChI is InChI=1S/C14H26O4/c1-11(2)6-5-8-17-13(15)10-14(16)18-9-7-12(3)4/h11-12H,5-10H2,1-4H3. The largest absolute Gasteiger partial charge is 0.465 e. The molecule has 0 saturated carbocycles. The molecule has 0 aliphatic heterocycles. The molecule has 4 heteroatoms. The molecule has 0 N–H and O–H groups in total. The molecule has 18 heavy (non-hydrogen) atoms. The molecule has 0 aromatic heterocycles. The minimum atomic E-state index is -0.496. The number of hydrogen-bond donors (Lipinski definition) is 0.